The molecule has 1 atom stereocenters. The molecule has 2 aliphatic rings. The molecule has 1 unspecified atom stereocenters. The Morgan fingerprint density at radius 2 is 2.47 bits per heavy atom. The number of ether oxygens (including phenoxy) is 1. The summed E-state index contributed by atoms with van der Waals surface area (Å²) >= 11 is 2.03. The Kier molecular flexibility index (Phi) is 2.96. The van der Waals surface area contributed by atoms with Gasteiger partial charge in [-0.25, -0.2) is 4.98 Å². The Bertz CT molecular complexity index is 414. The van der Waals surface area contributed by atoms with Gasteiger partial charge in [-0.3, -0.25) is 0 Å². The molecule has 0 amide bonds. The molecule has 0 radical (unpaired) electrons. The molecule has 5 nitrogen and oxygen atoms in total. The van der Waals surface area contributed by atoms with Crippen molar-refractivity contribution in [1.82, 2.24) is 9.97 Å². The van der Waals surface area contributed by atoms with Gasteiger partial charge in [-0.1, -0.05) is 0 Å². The fraction of sp³-hybridized carbons (Fsp3) is 0.636. The molecule has 1 aromatic heterocycles. The van der Waals surface area contributed by atoms with E-state index in [1.165, 1.54) is 11.5 Å². The van der Waals surface area contributed by atoms with Gasteiger partial charge in [0.1, 0.15) is 12.0 Å². The fourth-order valence-corrected chi connectivity index (χ4v) is 3.54. The number of fused-ring (bicyclic) bond motifs is 3. The predicted octanol–water partition coefficient (Wildman–Crippen LogP) is 1.22. The molecule has 0 saturated carbocycles. The van der Waals surface area contributed by atoms with E-state index in [1.807, 2.05) is 11.8 Å². The third-order valence-corrected chi connectivity index (χ3v) is 4.36. The summed E-state index contributed by atoms with van der Waals surface area (Å²) in [7, 11) is 1.65. The van der Waals surface area contributed by atoms with Crippen LogP contribution in [0, 0.1) is 0 Å². The predicted molar refractivity (Wildman–Crippen MR) is 70.1 cm³/mol. The number of thioether (sulfide) groups is 1. The van der Waals surface area contributed by atoms with Crippen molar-refractivity contribution in [2.45, 2.75) is 12.5 Å². The lowest BCUT2D eigenvalue weighted by Crippen LogP contribution is -2.42. The van der Waals surface area contributed by atoms with E-state index in [4.69, 9.17) is 4.74 Å². The van der Waals surface area contributed by atoms with E-state index in [2.05, 4.69) is 20.2 Å². The first kappa shape index (κ1) is 11.0. The average molecular weight is 252 g/mol. The summed E-state index contributed by atoms with van der Waals surface area (Å²) in [4.78, 5) is 11.0. The molecule has 0 aromatic carbocycles. The van der Waals surface area contributed by atoms with E-state index < -0.39 is 0 Å². The lowest BCUT2D eigenvalue weighted by molar-refractivity contribution is 0.399. The van der Waals surface area contributed by atoms with Crippen LogP contribution >= 0.6 is 11.8 Å². The average Bonchev–Trinajstić information content (AvgIpc) is 2.58. The number of nitrogens with zero attached hydrogens (tertiary/aromatic N) is 3. The van der Waals surface area contributed by atoms with Crippen molar-refractivity contribution >= 4 is 23.3 Å². The van der Waals surface area contributed by atoms with Gasteiger partial charge in [0.25, 0.3) is 0 Å². The van der Waals surface area contributed by atoms with Crippen LogP contribution in [0.1, 0.15) is 6.42 Å². The Labute approximate surface area is 105 Å². The van der Waals surface area contributed by atoms with Crippen molar-refractivity contribution in [2.24, 2.45) is 0 Å². The summed E-state index contributed by atoms with van der Waals surface area (Å²) in [5.41, 5.74) is 0.949. The van der Waals surface area contributed by atoms with Crippen molar-refractivity contribution in [3.8, 4) is 5.88 Å². The SMILES string of the molecule is COc1ncnc2c1NCCC1CSCCN21. The summed E-state index contributed by atoms with van der Waals surface area (Å²) in [6.07, 6.45) is 2.73. The van der Waals surface area contributed by atoms with Crippen LogP contribution in [0.4, 0.5) is 11.5 Å². The first-order valence-electron chi connectivity index (χ1n) is 5.87. The number of nitrogens with one attached hydrogen (secondary N) is 1. The third kappa shape index (κ3) is 1.90. The lowest BCUT2D eigenvalue weighted by Gasteiger charge is -2.35. The van der Waals surface area contributed by atoms with Crippen LogP contribution in [-0.2, 0) is 0 Å². The molecule has 1 fully saturated rings. The second-order valence-electron chi connectivity index (χ2n) is 4.22. The van der Waals surface area contributed by atoms with Gasteiger partial charge in [-0.2, -0.15) is 16.7 Å². The number of anilines is 2. The maximum absolute atomic E-state index is 5.30. The highest BCUT2D eigenvalue weighted by Gasteiger charge is 2.29. The Morgan fingerprint density at radius 1 is 1.53 bits per heavy atom. The molecule has 2 aliphatic heterocycles. The largest absolute Gasteiger partial charge is 0.479 e. The molecule has 17 heavy (non-hydrogen) atoms. The van der Waals surface area contributed by atoms with Gasteiger partial charge in [-0.15, -0.1) is 0 Å². The van der Waals surface area contributed by atoms with Crippen LogP contribution in [0.2, 0.25) is 0 Å². The van der Waals surface area contributed by atoms with E-state index >= 15 is 0 Å². The minimum Gasteiger partial charge on any atom is -0.479 e. The summed E-state index contributed by atoms with van der Waals surface area (Å²) in [5.74, 6) is 4.00. The van der Waals surface area contributed by atoms with E-state index in [-0.39, 0.29) is 0 Å². The molecular formula is C11H16N4OS. The molecule has 1 saturated heterocycles. The number of hydrogen-bond acceptors (Lipinski definition) is 6. The topological polar surface area (TPSA) is 50.3 Å². The van der Waals surface area contributed by atoms with Crippen molar-refractivity contribution in [1.29, 1.82) is 0 Å². The highest BCUT2D eigenvalue weighted by Crippen LogP contribution is 2.36. The van der Waals surface area contributed by atoms with Crippen molar-refractivity contribution in [3.63, 3.8) is 0 Å². The van der Waals surface area contributed by atoms with Gasteiger partial charge >= 0.3 is 0 Å². The molecule has 1 N–H and O–H groups in total. The zero-order chi connectivity index (χ0) is 11.7. The van der Waals surface area contributed by atoms with Crippen LogP contribution in [0.3, 0.4) is 0 Å². The fourth-order valence-electron chi connectivity index (χ4n) is 2.42. The quantitative estimate of drug-likeness (QED) is 0.811. The van der Waals surface area contributed by atoms with Crippen molar-refractivity contribution < 1.29 is 4.74 Å². The summed E-state index contributed by atoms with van der Waals surface area (Å²) < 4.78 is 5.30. The van der Waals surface area contributed by atoms with Crippen LogP contribution in [0.15, 0.2) is 6.33 Å². The monoisotopic (exact) mass is 252 g/mol. The smallest absolute Gasteiger partial charge is 0.242 e. The lowest BCUT2D eigenvalue weighted by atomic mass is 10.2. The summed E-state index contributed by atoms with van der Waals surface area (Å²) in [6.45, 7) is 2.02. The van der Waals surface area contributed by atoms with Gasteiger partial charge in [0.2, 0.25) is 5.88 Å². The molecule has 0 bridgehead atoms. The van der Waals surface area contributed by atoms with Gasteiger partial charge in [0.15, 0.2) is 5.82 Å². The van der Waals surface area contributed by atoms with Crippen LogP contribution in [-0.4, -0.2) is 47.7 Å². The molecule has 1 aromatic rings. The standard InChI is InChI=1S/C11H16N4OS/c1-16-11-9-10(13-7-14-11)15-4-5-17-6-8(15)2-3-12-9/h7-8,12H,2-6H2,1H3. The minimum absolute atomic E-state index is 0.585. The number of hydrogen-bond donors (Lipinski definition) is 1. The molecule has 6 heteroatoms. The molecule has 0 spiro atoms. The van der Waals surface area contributed by atoms with Gasteiger partial charge < -0.3 is 15.0 Å². The van der Waals surface area contributed by atoms with Crippen molar-refractivity contribution in [3.05, 3.63) is 6.33 Å². The molecule has 3 heterocycles. The summed E-state index contributed by atoms with van der Waals surface area (Å²) in [5, 5.41) is 3.40. The first-order valence-corrected chi connectivity index (χ1v) is 7.03. The zero-order valence-electron chi connectivity index (χ0n) is 9.85. The van der Waals surface area contributed by atoms with Gasteiger partial charge in [0, 0.05) is 30.6 Å². The summed E-state index contributed by atoms with van der Waals surface area (Å²) in [6, 6.07) is 0.585. The zero-order valence-corrected chi connectivity index (χ0v) is 10.7. The highest BCUT2D eigenvalue weighted by atomic mass is 32.2. The molecule has 92 valence electrons. The minimum atomic E-state index is 0.585. The van der Waals surface area contributed by atoms with Gasteiger partial charge in [0.05, 0.1) is 7.11 Å². The Balaban J connectivity index is 2.03. The molecule has 0 aliphatic carbocycles. The molecular weight excluding hydrogens is 236 g/mol. The Hall–Kier alpha value is -1.17. The van der Waals surface area contributed by atoms with Crippen LogP contribution in [0.5, 0.6) is 5.88 Å². The highest BCUT2D eigenvalue weighted by molar-refractivity contribution is 7.99. The van der Waals surface area contributed by atoms with Crippen LogP contribution in [0.25, 0.3) is 0 Å². The first-order chi connectivity index (χ1) is 8.40. The van der Waals surface area contributed by atoms with E-state index in [1.54, 1.807) is 13.4 Å². The maximum Gasteiger partial charge on any atom is 0.242 e. The normalized spacial score (nSPS) is 23.1. The van der Waals surface area contributed by atoms with Crippen molar-refractivity contribution in [2.75, 3.05) is 41.9 Å². The van der Waals surface area contributed by atoms with E-state index in [0.29, 0.717) is 11.9 Å². The maximum atomic E-state index is 5.30. The Morgan fingerprint density at radius 3 is 3.35 bits per heavy atom. The second-order valence-corrected chi connectivity index (χ2v) is 5.37. The van der Waals surface area contributed by atoms with E-state index in [9.17, 15) is 0 Å². The van der Waals surface area contributed by atoms with Crippen LogP contribution < -0.4 is 15.0 Å². The second kappa shape index (κ2) is 4.60. The third-order valence-electron chi connectivity index (χ3n) is 3.26. The number of methoxy groups -OCH3 is 1. The number of rotatable bonds is 1. The van der Waals surface area contributed by atoms with Gasteiger partial charge in [-0.05, 0) is 6.42 Å². The van der Waals surface area contributed by atoms with E-state index in [0.717, 1.165) is 31.0 Å². The number of aromatic nitrogens is 2. The molecule has 3 rings (SSSR count).